The van der Waals surface area contributed by atoms with Crippen molar-refractivity contribution in [2.75, 3.05) is 31.1 Å². The van der Waals surface area contributed by atoms with Gasteiger partial charge in [-0.05, 0) is 30.7 Å². The highest BCUT2D eigenvalue weighted by molar-refractivity contribution is 5.94. The summed E-state index contributed by atoms with van der Waals surface area (Å²) in [6, 6.07) is 19.6. The maximum atomic E-state index is 12.8. The lowest BCUT2D eigenvalue weighted by atomic mass is 10.1. The van der Waals surface area contributed by atoms with E-state index in [1.165, 1.54) is 0 Å². The summed E-state index contributed by atoms with van der Waals surface area (Å²) in [5.41, 5.74) is 3.06. The van der Waals surface area contributed by atoms with E-state index in [9.17, 15) is 10.1 Å². The van der Waals surface area contributed by atoms with E-state index in [0.29, 0.717) is 43.5 Å². The van der Waals surface area contributed by atoms with Crippen LogP contribution in [0.5, 0.6) is 0 Å². The molecule has 3 aromatic rings. The van der Waals surface area contributed by atoms with Crippen LogP contribution in [0.3, 0.4) is 0 Å². The smallest absolute Gasteiger partial charge is 0.253 e. The highest BCUT2D eigenvalue weighted by atomic mass is 16.4. The summed E-state index contributed by atoms with van der Waals surface area (Å²) in [4.78, 5) is 20.9. The number of nitriles is 1. The molecule has 0 aliphatic carbocycles. The Balaban J connectivity index is 1.44. The molecule has 1 aliphatic heterocycles. The van der Waals surface area contributed by atoms with E-state index in [1.54, 1.807) is 6.08 Å². The van der Waals surface area contributed by atoms with Crippen molar-refractivity contribution in [1.29, 1.82) is 5.26 Å². The van der Waals surface area contributed by atoms with Gasteiger partial charge in [0.15, 0.2) is 0 Å². The van der Waals surface area contributed by atoms with Crippen LogP contribution in [0, 0.1) is 18.3 Å². The summed E-state index contributed by atoms with van der Waals surface area (Å²) in [6.07, 6.45) is 3.66. The van der Waals surface area contributed by atoms with Crippen molar-refractivity contribution >= 4 is 23.9 Å². The van der Waals surface area contributed by atoms with E-state index >= 15 is 0 Å². The third-order valence-electron chi connectivity index (χ3n) is 5.07. The molecule has 0 saturated carbocycles. The van der Waals surface area contributed by atoms with Crippen LogP contribution in [-0.2, 0) is 0 Å². The number of amides is 1. The van der Waals surface area contributed by atoms with Crippen LogP contribution in [0.25, 0.3) is 12.2 Å². The Kier molecular flexibility index (Phi) is 5.62. The molecule has 1 saturated heterocycles. The predicted octanol–water partition coefficient (Wildman–Crippen LogP) is 3.99. The molecule has 0 unspecified atom stereocenters. The number of aromatic nitrogens is 1. The van der Waals surface area contributed by atoms with E-state index in [0.717, 1.165) is 11.1 Å². The number of carbonyl (C=O) groups excluding carboxylic acids is 1. The largest absolute Gasteiger partial charge is 0.420 e. The van der Waals surface area contributed by atoms with Gasteiger partial charge in [-0.2, -0.15) is 10.2 Å². The molecule has 0 N–H and O–H groups in total. The minimum Gasteiger partial charge on any atom is -0.420 e. The Bertz CT molecular complexity index is 1100. The molecule has 6 nitrogen and oxygen atoms in total. The maximum Gasteiger partial charge on any atom is 0.253 e. The number of carbonyl (C=O) groups is 1. The van der Waals surface area contributed by atoms with Crippen LogP contribution in [-0.4, -0.2) is 42.0 Å². The summed E-state index contributed by atoms with van der Waals surface area (Å²) in [7, 11) is 0. The normalized spacial score (nSPS) is 14.1. The van der Waals surface area contributed by atoms with Gasteiger partial charge in [0.1, 0.15) is 6.07 Å². The number of hydrogen-bond donors (Lipinski definition) is 0. The lowest BCUT2D eigenvalue weighted by molar-refractivity contribution is 0.0745. The molecule has 0 bridgehead atoms. The van der Waals surface area contributed by atoms with Crippen molar-refractivity contribution in [3.8, 4) is 6.07 Å². The number of nitrogens with zero attached hydrogens (tertiary/aromatic N) is 4. The van der Waals surface area contributed by atoms with Gasteiger partial charge in [-0.1, -0.05) is 48.0 Å². The number of oxazole rings is 1. The minimum atomic E-state index is 0.0305. The molecule has 6 heteroatoms. The van der Waals surface area contributed by atoms with E-state index in [2.05, 4.69) is 11.1 Å². The van der Waals surface area contributed by atoms with Crippen LogP contribution in [0.2, 0.25) is 0 Å². The second-order valence-electron chi connectivity index (χ2n) is 7.21. The van der Waals surface area contributed by atoms with E-state index in [-0.39, 0.29) is 11.6 Å². The van der Waals surface area contributed by atoms with E-state index < -0.39 is 0 Å². The number of rotatable bonds is 4. The van der Waals surface area contributed by atoms with Gasteiger partial charge >= 0.3 is 0 Å². The number of piperazine rings is 1. The maximum absolute atomic E-state index is 12.8. The molecule has 4 rings (SSSR count). The first kappa shape index (κ1) is 19.5. The average molecular weight is 398 g/mol. The van der Waals surface area contributed by atoms with E-state index in [4.69, 9.17) is 4.42 Å². The van der Waals surface area contributed by atoms with Gasteiger partial charge in [0.2, 0.25) is 17.5 Å². The molecule has 0 radical (unpaired) electrons. The van der Waals surface area contributed by atoms with Crippen LogP contribution >= 0.6 is 0 Å². The van der Waals surface area contributed by atoms with Gasteiger partial charge in [0.25, 0.3) is 5.91 Å². The predicted molar refractivity (Wildman–Crippen MR) is 116 cm³/mol. The van der Waals surface area contributed by atoms with Crippen molar-refractivity contribution in [2.45, 2.75) is 6.92 Å². The summed E-state index contributed by atoms with van der Waals surface area (Å²) in [5.74, 6) is 0.888. The zero-order valence-electron chi connectivity index (χ0n) is 16.8. The number of anilines is 1. The Morgan fingerprint density at radius 1 is 1.07 bits per heavy atom. The second kappa shape index (κ2) is 8.66. The fourth-order valence-electron chi connectivity index (χ4n) is 3.49. The van der Waals surface area contributed by atoms with Gasteiger partial charge in [0, 0.05) is 37.8 Å². The Hall–Kier alpha value is -3.85. The monoisotopic (exact) mass is 398 g/mol. The quantitative estimate of drug-likeness (QED) is 0.664. The summed E-state index contributed by atoms with van der Waals surface area (Å²) in [5, 5.41) is 9.47. The van der Waals surface area contributed by atoms with Crippen molar-refractivity contribution < 1.29 is 9.21 Å². The summed E-state index contributed by atoms with van der Waals surface area (Å²) in [6.45, 7) is 4.28. The van der Waals surface area contributed by atoms with Gasteiger partial charge in [-0.15, -0.1) is 0 Å². The number of hydrogen-bond acceptors (Lipinski definition) is 5. The van der Waals surface area contributed by atoms with Crippen LogP contribution in [0.15, 0.2) is 59.0 Å². The molecular weight excluding hydrogens is 376 g/mol. The molecule has 1 amide bonds. The topological polar surface area (TPSA) is 73.4 Å². The first-order chi connectivity index (χ1) is 14.6. The second-order valence-corrected chi connectivity index (χ2v) is 7.21. The lowest BCUT2D eigenvalue weighted by Crippen LogP contribution is -2.48. The molecule has 0 spiro atoms. The lowest BCUT2D eigenvalue weighted by Gasteiger charge is -2.34. The summed E-state index contributed by atoms with van der Waals surface area (Å²) < 4.78 is 5.87. The Morgan fingerprint density at radius 2 is 1.83 bits per heavy atom. The van der Waals surface area contributed by atoms with Gasteiger partial charge in [0.05, 0.1) is 0 Å². The Labute approximate surface area is 175 Å². The fourth-order valence-corrected chi connectivity index (χ4v) is 3.49. The zero-order valence-corrected chi connectivity index (χ0v) is 16.8. The molecule has 2 aromatic carbocycles. The molecule has 0 atom stereocenters. The van der Waals surface area contributed by atoms with Crippen LogP contribution < -0.4 is 4.90 Å². The molecule has 150 valence electrons. The Morgan fingerprint density at radius 3 is 2.53 bits per heavy atom. The molecular formula is C24H22N4O2. The highest BCUT2D eigenvalue weighted by Crippen LogP contribution is 2.24. The van der Waals surface area contributed by atoms with Gasteiger partial charge in [-0.25, -0.2) is 0 Å². The first-order valence-electron chi connectivity index (χ1n) is 9.89. The van der Waals surface area contributed by atoms with Crippen molar-refractivity contribution in [3.63, 3.8) is 0 Å². The number of aryl methyl sites for hydroxylation is 1. The van der Waals surface area contributed by atoms with Crippen molar-refractivity contribution in [3.05, 3.63) is 82.9 Å². The molecule has 1 aromatic heterocycles. The minimum absolute atomic E-state index is 0.0305. The molecule has 1 aliphatic rings. The zero-order chi connectivity index (χ0) is 20.9. The van der Waals surface area contributed by atoms with Gasteiger partial charge in [-0.3, -0.25) is 4.79 Å². The van der Waals surface area contributed by atoms with Crippen molar-refractivity contribution in [1.82, 2.24) is 9.88 Å². The van der Waals surface area contributed by atoms with E-state index in [1.807, 2.05) is 77.4 Å². The first-order valence-corrected chi connectivity index (χ1v) is 9.89. The van der Waals surface area contributed by atoms with Crippen LogP contribution in [0.4, 0.5) is 5.88 Å². The molecule has 1 fully saturated rings. The van der Waals surface area contributed by atoms with Crippen molar-refractivity contribution in [2.24, 2.45) is 0 Å². The third kappa shape index (κ3) is 4.26. The fraction of sp³-hybridized carbons (Fsp3) is 0.208. The standard InChI is InChI=1S/C24H22N4O2/c1-18-6-5-9-20(16-18)23(29)27-12-14-28(15-13-27)24-21(17-25)26-22(30-24)11-10-19-7-3-2-4-8-19/h2-11,16H,12-15H2,1H3. The molecule has 2 heterocycles. The molecule has 30 heavy (non-hydrogen) atoms. The average Bonchev–Trinajstić information content (AvgIpc) is 3.21. The SMILES string of the molecule is Cc1cccc(C(=O)N2CCN(c3oc(C=Cc4ccccc4)nc3C#N)CC2)c1. The van der Waals surface area contributed by atoms with Gasteiger partial charge < -0.3 is 14.2 Å². The van der Waals surface area contributed by atoms with Crippen LogP contribution in [0.1, 0.15) is 33.1 Å². The third-order valence-corrected chi connectivity index (χ3v) is 5.07. The highest BCUT2D eigenvalue weighted by Gasteiger charge is 2.26. The summed E-state index contributed by atoms with van der Waals surface area (Å²) >= 11 is 0. The number of benzene rings is 2.